The molecule has 0 unspecified atom stereocenters. The maximum Gasteiger partial charge on any atom is 0.410 e. The van der Waals surface area contributed by atoms with E-state index in [0.717, 1.165) is 5.56 Å². The predicted octanol–water partition coefficient (Wildman–Crippen LogP) is 3.16. The van der Waals surface area contributed by atoms with E-state index in [1.54, 1.807) is 16.9 Å². The first kappa shape index (κ1) is 23.5. The summed E-state index contributed by atoms with van der Waals surface area (Å²) in [5, 5.41) is 0. The largest absolute Gasteiger partial charge is 0.496 e. The van der Waals surface area contributed by atoms with E-state index in [1.807, 2.05) is 45.0 Å². The normalized spacial score (nSPS) is 16.8. The van der Waals surface area contributed by atoms with E-state index in [4.69, 9.17) is 9.47 Å². The summed E-state index contributed by atoms with van der Waals surface area (Å²) in [6.07, 6.45) is 0.434. The number of carbonyl (C=O) groups excluding carboxylic acids is 3. The monoisotopic (exact) mass is 420 g/mol. The third-order valence-electron chi connectivity index (χ3n) is 4.85. The fourth-order valence-corrected chi connectivity index (χ4v) is 3.41. The Hall–Kier alpha value is -2.77. The molecule has 1 aromatic carbocycles. The summed E-state index contributed by atoms with van der Waals surface area (Å²) in [6, 6.07) is 7.11. The number of amides is 2. The van der Waals surface area contributed by atoms with Crippen LogP contribution in [-0.4, -0.2) is 67.2 Å². The van der Waals surface area contributed by atoms with Gasteiger partial charge in [-0.05, 0) is 33.3 Å². The number of benzene rings is 1. The summed E-state index contributed by atoms with van der Waals surface area (Å²) in [6.45, 7) is 6.53. The smallest absolute Gasteiger partial charge is 0.410 e. The van der Waals surface area contributed by atoms with E-state index in [1.165, 1.54) is 7.11 Å². The molecule has 0 bridgehead atoms. The number of hydrogen-bond donors (Lipinski definition) is 0. The van der Waals surface area contributed by atoms with Crippen molar-refractivity contribution in [1.29, 1.82) is 0 Å². The minimum absolute atomic E-state index is 0.0707. The lowest BCUT2D eigenvalue weighted by molar-refractivity contribution is -0.141. The average Bonchev–Trinajstić information content (AvgIpc) is 2.71. The van der Waals surface area contributed by atoms with E-state index in [9.17, 15) is 14.4 Å². The summed E-state index contributed by atoms with van der Waals surface area (Å²) in [7, 11) is 2.91. The molecule has 0 aromatic heterocycles. The highest BCUT2D eigenvalue weighted by Crippen LogP contribution is 2.33. The van der Waals surface area contributed by atoms with E-state index in [0.29, 0.717) is 31.8 Å². The highest BCUT2D eigenvalue weighted by Gasteiger charge is 2.36. The topological polar surface area (TPSA) is 85.4 Å². The van der Waals surface area contributed by atoms with Crippen LogP contribution in [0.2, 0.25) is 0 Å². The van der Waals surface area contributed by atoms with E-state index in [-0.39, 0.29) is 30.8 Å². The summed E-state index contributed by atoms with van der Waals surface area (Å²) < 4.78 is 15.7. The molecule has 1 heterocycles. The first-order valence-corrected chi connectivity index (χ1v) is 10.1. The Kier molecular flexibility index (Phi) is 8.08. The molecular formula is C22H32N2O6. The second kappa shape index (κ2) is 10.3. The van der Waals surface area contributed by atoms with Crippen molar-refractivity contribution in [2.24, 2.45) is 0 Å². The van der Waals surface area contributed by atoms with Crippen molar-refractivity contribution < 1.29 is 28.6 Å². The van der Waals surface area contributed by atoms with Crippen LogP contribution in [0.15, 0.2) is 24.3 Å². The van der Waals surface area contributed by atoms with Crippen LogP contribution in [0.4, 0.5) is 4.79 Å². The molecule has 0 N–H and O–H groups in total. The van der Waals surface area contributed by atoms with Gasteiger partial charge in [0.05, 0.1) is 20.3 Å². The van der Waals surface area contributed by atoms with Crippen LogP contribution in [0.3, 0.4) is 0 Å². The summed E-state index contributed by atoms with van der Waals surface area (Å²) in [5.74, 6) is 0.248. The van der Waals surface area contributed by atoms with Gasteiger partial charge in [-0.15, -0.1) is 0 Å². The molecule has 30 heavy (non-hydrogen) atoms. The van der Waals surface area contributed by atoms with Crippen molar-refractivity contribution in [2.45, 2.75) is 51.7 Å². The maximum atomic E-state index is 13.0. The first-order valence-electron chi connectivity index (χ1n) is 10.1. The third-order valence-corrected chi connectivity index (χ3v) is 4.85. The highest BCUT2D eigenvalue weighted by molar-refractivity contribution is 5.78. The van der Waals surface area contributed by atoms with Gasteiger partial charge in [0, 0.05) is 38.0 Å². The molecule has 2 amide bonds. The van der Waals surface area contributed by atoms with Crippen LogP contribution < -0.4 is 4.74 Å². The van der Waals surface area contributed by atoms with E-state index in [2.05, 4.69) is 4.74 Å². The standard InChI is InChI=1S/C22H32N2O6/c1-22(2,3)30-21(27)23-13-14-24(19(25)11-8-12-20(26)29-5)17(15-23)16-9-6-7-10-18(16)28-4/h6-7,9-10,17H,8,11-15H2,1-5H3/t17-/m0/s1. The second-order valence-electron chi connectivity index (χ2n) is 8.20. The zero-order valence-corrected chi connectivity index (χ0v) is 18.5. The Labute approximate surface area is 178 Å². The SMILES string of the molecule is COC(=O)CCCC(=O)N1CCN(C(=O)OC(C)(C)C)C[C@H]1c1ccccc1OC. The zero-order chi connectivity index (χ0) is 22.3. The van der Waals surface area contributed by atoms with Crippen LogP contribution in [0, 0.1) is 0 Å². The molecule has 0 aliphatic carbocycles. The second-order valence-corrected chi connectivity index (χ2v) is 8.20. The number of para-hydroxylation sites is 1. The van der Waals surface area contributed by atoms with Gasteiger partial charge in [-0.1, -0.05) is 18.2 Å². The molecule has 1 aliphatic heterocycles. The van der Waals surface area contributed by atoms with Crippen LogP contribution in [0.1, 0.15) is 51.6 Å². The lowest BCUT2D eigenvalue weighted by Gasteiger charge is -2.42. The summed E-state index contributed by atoms with van der Waals surface area (Å²) in [4.78, 5) is 40.3. The summed E-state index contributed by atoms with van der Waals surface area (Å²) in [5.41, 5.74) is 0.229. The first-order chi connectivity index (χ1) is 14.2. The van der Waals surface area contributed by atoms with Crippen molar-refractivity contribution in [3.63, 3.8) is 0 Å². The van der Waals surface area contributed by atoms with E-state index < -0.39 is 11.7 Å². The lowest BCUT2D eigenvalue weighted by Crippen LogP contribution is -2.53. The van der Waals surface area contributed by atoms with Gasteiger partial charge in [0.1, 0.15) is 11.4 Å². The fraction of sp³-hybridized carbons (Fsp3) is 0.591. The summed E-state index contributed by atoms with van der Waals surface area (Å²) >= 11 is 0. The molecule has 0 saturated carbocycles. The van der Waals surface area contributed by atoms with Gasteiger partial charge in [-0.25, -0.2) is 4.79 Å². The van der Waals surface area contributed by atoms with Crippen LogP contribution in [-0.2, 0) is 19.1 Å². The number of carbonyl (C=O) groups is 3. The Morgan fingerprint density at radius 1 is 1.07 bits per heavy atom. The van der Waals surface area contributed by atoms with Crippen LogP contribution in [0.5, 0.6) is 5.75 Å². The predicted molar refractivity (Wildman–Crippen MR) is 111 cm³/mol. The van der Waals surface area contributed by atoms with Gasteiger partial charge >= 0.3 is 12.1 Å². The molecule has 0 spiro atoms. The molecule has 1 fully saturated rings. The highest BCUT2D eigenvalue weighted by atomic mass is 16.6. The fourth-order valence-electron chi connectivity index (χ4n) is 3.41. The molecule has 1 atom stereocenters. The Morgan fingerprint density at radius 2 is 1.77 bits per heavy atom. The van der Waals surface area contributed by atoms with Crippen molar-refractivity contribution in [3.05, 3.63) is 29.8 Å². The number of rotatable bonds is 6. The molecule has 166 valence electrons. The van der Waals surface area contributed by atoms with Gasteiger partial charge in [-0.3, -0.25) is 9.59 Å². The quantitative estimate of drug-likeness (QED) is 0.657. The Bertz CT molecular complexity index is 758. The molecule has 8 heteroatoms. The number of piperazine rings is 1. The van der Waals surface area contributed by atoms with Crippen molar-refractivity contribution in [3.8, 4) is 5.75 Å². The minimum Gasteiger partial charge on any atom is -0.496 e. The van der Waals surface area contributed by atoms with Crippen LogP contribution >= 0.6 is 0 Å². The van der Waals surface area contributed by atoms with E-state index >= 15 is 0 Å². The number of esters is 1. The van der Waals surface area contributed by atoms with Gasteiger partial charge in [-0.2, -0.15) is 0 Å². The number of ether oxygens (including phenoxy) is 3. The Morgan fingerprint density at radius 3 is 2.40 bits per heavy atom. The average molecular weight is 421 g/mol. The minimum atomic E-state index is -0.599. The molecule has 2 rings (SSSR count). The van der Waals surface area contributed by atoms with Crippen LogP contribution in [0.25, 0.3) is 0 Å². The molecule has 1 saturated heterocycles. The van der Waals surface area contributed by atoms with Gasteiger partial charge in [0.25, 0.3) is 0 Å². The van der Waals surface area contributed by atoms with Gasteiger partial charge < -0.3 is 24.0 Å². The Balaban J connectivity index is 2.21. The number of hydrogen-bond acceptors (Lipinski definition) is 6. The van der Waals surface area contributed by atoms with Crippen molar-refractivity contribution in [1.82, 2.24) is 9.80 Å². The molecular weight excluding hydrogens is 388 g/mol. The molecule has 1 aromatic rings. The van der Waals surface area contributed by atoms with Crippen molar-refractivity contribution >= 4 is 18.0 Å². The lowest BCUT2D eigenvalue weighted by atomic mass is 10.00. The number of nitrogens with zero attached hydrogens (tertiary/aromatic N) is 2. The maximum absolute atomic E-state index is 13.0. The van der Waals surface area contributed by atoms with Gasteiger partial charge in [0.2, 0.25) is 5.91 Å². The third kappa shape index (κ3) is 6.37. The van der Waals surface area contributed by atoms with Crippen molar-refractivity contribution in [2.75, 3.05) is 33.9 Å². The zero-order valence-electron chi connectivity index (χ0n) is 18.5. The number of methoxy groups -OCH3 is 2. The molecule has 1 aliphatic rings. The molecule has 0 radical (unpaired) electrons. The van der Waals surface area contributed by atoms with Gasteiger partial charge in [0.15, 0.2) is 0 Å². The molecule has 8 nitrogen and oxygen atoms in total.